The Morgan fingerprint density at radius 2 is 2.14 bits per heavy atom. The van der Waals surface area contributed by atoms with Gasteiger partial charge in [0, 0.05) is 20.6 Å². The van der Waals surface area contributed by atoms with E-state index in [1.807, 2.05) is 0 Å². The van der Waals surface area contributed by atoms with Crippen LogP contribution in [0.1, 0.15) is 6.42 Å². The number of carbonyl (C=O) groups excluding carboxylic acids is 1. The van der Waals surface area contributed by atoms with Gasteiger partial charge in [-0.2, -0.15) is 17.4 Å². The number of carbonyl (C=O) groups is 1. The number of hydrogen-bond acceptors (Lipinski definition) is 3. The van der Waals surface area contributed by atoms with E-state index >= 15 is 0 Å². The van der Waals surface area contributed by atoms with Crippen LogP contribution in [0.5, 0.6) is 0 Å². The molecule has 0 aromatic rings. The molecule has 1 aliphatic heterocycles. The van der Waals surface area contributed by atoms with E-state index < -0.39 is 22.4 Å². The highest BCUT2D eigenvalue weighted by Crippen LogP contribution is 2.14. The molecular formula is C6H14N4O3S. The monoisotopic (exact) mass is 222 g/mol. The number of nitrogens with two attached hydrogens (primary N) is 1. The van der Waals surface area contributed by atoms with Gasteiger partial charge in [-0.05, 0) is 6.42 Å². The maximum atomic E-state index is 11.3. The van der Waals surface area contributed by atoms with Crippen LogP contribution in [0.25, 0.3) is 0 Å². The van der Waals surface area contributed by atoms with Gasteiger partial charge in [0.05, 0.1) is 0 Å². The van der Waals surface area contributed by atoms with Gasteiger partial charge in [-0.1, -0.05) is 0 Å². The summed E-state index contributed by atoms with van der Waals surface area (Å²) in [6, 6.07) is -0.609. The van der Waals surface area contributed by atoms with Crippen LogP contribution >= 0.6 is 0 Å². The van der Waals surface area contributed by atoms with Crippen LogP contribution in [0.4, 0.5) is 4.79 Å². The SMILES string of the molecule is CN(C)S(=O)(=O)NC1CCN1C(N)=O. The average molecular weight is 222 g/mol. The van der Waals surface area contributed by atoms with E-state index in [-0.39, 0.29) is 0 Å². The molecule has 0 aliphatic carbocycles. The molecular weight excluding hydrogens is 208 g/mol. The summed E-state index contributed by atoms with van der Waals surface area (Å²) in [5.74, 6) is 0. The average Bonchev–Trinajstić information content (AvgIpc) is 1.97. The number of hydrogen-bond donors (Lipinski definition) is 2. The molecule has 0 radical (unpaired) electrons. The predicted octanol–water partition coefficient (Wildman–Crippen LogP) is -1.51. The largest absolute Gasteiger partial charge is 0.351 e. The molecule has 7 nitrogen and oxygen atoms in total. The first-order chi connectivity index (χ1) is 6.34. The molecule has 0 aromatic heterocycles. The molecule has 0 bridgehead atoms. The Morgan fingerprint density at radius 1 is 1.57 bits per heavy atom. The van der Waals surface area contributed by atoms with Gasteiger partial charge in [0.25, 0.3) is 10.2 Å². The highest BCUT2D eigenvalue weighted by Gasteiger charge is 2.34. The van der Waals surface area contributed by atoms with E-state index in [2.05, 4.69) is 4.72 Å². The first-order valence-corrected chi connectivity index (χ1v) is 5.54. The standard InChI is InChI=1S/C6H14N4O3S/c1-9(2)14(12,13)8-5-3-4-10(5)6(7)11/h5,8H,3-4H2,1-2H3,(H2,7,11). The van der Waals surface area contributed by atoms with Gasteiger partial charge in [-0.15, -0.1) is 0 Å². The summed E-state index contributed by atoms with van der Waals surface area (Å²) in [6.07, 6.45) is 0.0932. The third-order valence-electron chi connectivity index (χ3n) is 2.07. The molecule has 1 unspecified atom stereocenters. The molecule has 1 heterocycles. The van der Waals surface area contributed by atoms with E-state index in [9.17, 15) is 13.2 Å². The van der Waals surface area contributed by atoms with Crippen molar-refractivity contribution in [3.05, 3.63) is 0 Å². The smallest absolute Gasteiger partial charge is 0.316 e. The van der Waals surface area contributed by atoms with Crippen LogP contribution in [0, 0.1) is 0 Å². The van der Waals surface area contributed by atoms with Crippen molar-refractivity contribution in [1.29, 1.82) is 0 Å². The van der Waals surface area contributed by atoms with E-state index in [1.54, 1.807) is 0 Å². The van der Waals surface area contributed by atoms with Crippen molar-refractivity contribution in [2.45, 2.75) is 12.6 Å². The van der Waals surface area contributed by atoms with Crippen LogP contribution in [0.15, 0.2) is 0 Å². The minimum absolute atomic E-state index is 0.496. The fraction of sp³-hybridized carbons (Fsp3) is 0.833. The quantitative estimate of drug-likeness (QED) is 0.608. The summed E-state index contributed by atoms with van der Waals surface area (Å²) in [4.78, 5) is 12.0. The summed E-state index contributed by atoms with van der Waals surface area (Å²) in [5.41, 5.74) is 5.02. The van der Waals surface area contributed by atoms with Gasteiger partial charge in [-0.25, -0.2) is 4.79 Å². The normalized spacial score (nSPS) is 22.2. The summed E-state index contributed by atoms with van der Waals surface area (Å²) >= 11 is 0. The summed E-state index contributed by atoms with van der Waals surface area (Å²) in [5, 5.41) is 0. The van der Waals surface area contributed by atoms with E-state index in [0.717, 1.165) is 4.31 Å². The molecule has 8 heteroatoms. The van der Waals surface area contributed by atoms with E-state index in [0.29, 0.717) is 13.0 Å². The fourth-order valence-electron chi connectivity index (χ4n) is 1.05. The second-order valence-corrected chi connectivity index (χ2v) is 5.16. The van der Waals surface area contributed by atoms with Gasteiger partial charge in [0.1, 0.15) is 6.17 Å². The van der Waals surface area contributed by atoms with Crippen LogP contribution in [0.3, 0.4) is 0 Å². The lowest BCUT2D eigenvalue weighted by molar-refractivity contribution is 0.114. The summed E-state index contributed by atoms with van der Waals surface area (Å²) in [6.45, 7) is 0.496. The molecule has 1 saturated heterocycles. The van der Waals surface area contributed by atoms with Crippen molar-refractivity contribution < 1.29 is 13.2 Å². The molecule has 1 rings (SSSR count). The topological polar surface area (TPSA) is 95.7 Å². The molecule has 1 atom stereocenters. The van der Waals surface area contributed by atoms with Gasteiger partial charge >= 0.3 is 6.03 Å². The van der Waals surface area contributed by atoms with Crippen molar-refractivity contribution >= 4 is 16.2 Å². The van der Waals surface area contributed by atoms with Crippen molar-refractivity contribution in [3.63, 3.8) is 0 Å². The third kappa shape index (κ3) is 2.14. The van der Waals surface area contributed by atoms with E-state index in [4.69, 9.17) is 5.73 Å². The van der Waals surface area contributed by atoms with E-state index in [1.165, 1.54) is 19.0 Å². The second-order valence-electron chi connectivity index (χ2n) is 3.24. The lowest BCUT2D eigenvalue weighted by Gasteiger charge is -2.39. The van der Waals surface area contributed by atoms with Crippen molar-refractivity contribution in [1.82, 2.24) is 13.9 Å². The lowest BCUT2D eigenvalue weighted by Crippen LogP contribution is -2.62. The van der Waals surface area contributed by atoms with Crippen LogP contribution < -0.4 is 10.5 Å². The first-order valence-electron chi connectivity index (χ1n) is 4.10. The third-order valence-corrected chi connectivity index (χ3v) is 3.60. The zero-order valence-electron chi connectivity index (χ0n) is 8.10. The molecule has 0 aromatic carbocycles. The minimum Gasteiger partial charge on any atom is -0.351 e. The predicted molar refractivity (Wildman–Crippen MR) is 50.4 cm³/mol. The molecule has 1 fully saturated rings. The highest BCUT2D eigenvalue weighted by molar-refractivity contribution is 7.87. The zero-order valence-corrected chi connectivity index (χ0v) is 8.91. The Morgan fingerprint density at radius 3 is 2.43 bits per heavy atom. The molecule has 2 amide bonds. The molecule has 82 valence electrons. The number of rotatable bonds is 3. The van der Waals surface area contributed by atoms with Gasteiger partial charge < -0.3 is 10.6 Å². The Labute approximate surface area is 83.0 Å². The van der Waals surface area contributed by atoms with Crippen molar-refractivity contribution in [2.24, 2.45) is 5.73 Å². The van der Waals surface area contributed by atoms with Crippen LogP contribution in [0.2, 0.25) is 0 Å². The van der Waals surface area contributed by atoms with Gasteiger partial charge in [-0.3, -0.25) is 0 Å². The van der Waals surface area contributed by atoms with Crippen LogP contribution in [-0.4, -0.2) is 50.5 Å². The Kier molecular flexibility index (Phi) is 2.98. The Bertz CT molecular complexity index is 326. The number of urea groups is 1. The highest BCUT2D eigenvalue weighted by atomic mass is 32.2. The number of nitrogens with one attached hydrogen (secondary N) is 1. The number of nitrogens with zero attached hydrogens (tertiary/aromatic N) is 2. The number of likely N-dealkylation sites (tertiary alicyclic amines) is 1. The maximum absolute atomic E-state index is 11.3. The Balaban J connectivity index is 2.59. The van der Waals surface area contributed by atoms with Gasteiger partial charge in [0.2, 0.25) is 0 Å². The molecule has 14 heavy (non-hydrogen) atoms. The maximum Gasteiger partial charge on any atom is 0.316 e. The summed E-state index contributed by atoms with van der Waals surface area (Å²) in [7, 11) is -0.666. The number of amides is 2. The summed E-state index contributed by atoms with van der Waals surface area (Å²) < 4.78 is 26.1. The first kappa shape index (κ1) is 11.2. The lowest BCUT2D eigenvalue weighted by atomic mass is 10.2. The zero-order chi connectivity index (χ0) is 10.9. The van der Waals surface area contributed by atoms with Gasteiger partial charge in [0.15, 0.2) is 0 Å². The molecule has 0 saturated carbocycles. The molecule has 1 aliphatic rings. The molecule has 0 spiro atoms. The fourth-order valence-corrected chi connectivity index (χ4v) is 1.85. The minimum atomic E-state index is -3.49. The van der Waals surface area contributed by atoms with Crippen LogP contribution in [-0.2, 0) is 10.2 Å². The van der Waals surface area contributed by atoms with Crippen molar-refractivity contribution in [2.75, 3.05) is 20.6 Å². The van der Waals surface area contributed by atoms with Crippen molar-refractivity contribution in [3.8, 4) is 0 Å². The molecule has 3 N–H and O–H groups in total. The number of primary amides is 1. The Hall–Kier alpha value is -0.860. The second kappa shape index (κ2) is 3.71.